The molecule has 43 heavy (non-hydrogen) atoms. The molecule has 3 amide bonds. The second kappa shape index (κ2) is 13.4. The fourth-order valence-electron chi connectivity index (χ4n) is 5.57. The lowest BCUT2D eigenvalue weighted by Crippen LogP contribution is -2.55. The fraction of sp³-hybridized carbons (Fsp3) is 0.893. The van der Waals surface area contributed by atoms with Crippen LogP contribution in [0.1, 0.15) is 61.8 Å². The van der Waals surface area contributed by atoms with E-state index in [4.69, 9.17) is 42.1 Å². The zero-order valence-electron chi connectivity index (χ0n) is 26.0. The zero-order valence-corrected chi connectivity index (χ0v) is 27.5. The Balaban J connectivity index is 0.000000257. The third kappa shape index (κ3) is 9.43. The summed E-state index contributed by atoms with van der Waals surface area (Å²) in [5, 5.41) is 21.6. The van der Waals surface area contributed by atoms with E-state index in [0.29, 0.717) is 6.54 Å². The van der Waals surface area contributed by atoms with Crippen LogP contribution in [-0.4, -0.2) is 135 Å². The Kier molecular flexibility index (Phi) is 11.2. The number of fused-ring (bicyclic) bond motifs is 2. The number of aliphatic hydroxyl groups is 2. The highest BCUT2D eigenvalue weighted by atomic mass is 35.5. The number of hydrogen-bond donors (Lipinski definition) is 3. The predicted molar refractivity (Wildman–Crippen MR) is 156 cm³/mol. The number of carbonyl (C=O) groups is 3. The molecule has 12 nitrogen and oxygen atoms in total. The SMILES string of the molecule is CC(C)(C)OC(=O)N1C[C@@H](Cl)[C@H]2OC[C@H](O)[C@H]21.CC(C)(F)C[C@H](NC(=O)OC(C)(C)C)C(=O)N1C[C@@H](Cl)[C@H]2OC[C@H](O)[C@H]21. The average Bonchev–Trinajstić information content (AvgIpc) is 3.55. The van der Waals surface area contributed by atoms with Crippen LogP contribution in [0.25, 0.3) is 0 Å². The van der Waals surface area contributed by atoms with E-state index in [0.717, 1.165) is 0 Å². The summed E-state index contributed by atoms with van der Waals surface area (Å²) >= 11 is 12.3. The maximum atomic E-state index is 14.2. The van der Waals surface area contributed by atoms with Crippen molar-refractivity contribution in [3.63, 3.8) is 0 Å². The summed E-state index contributed by atoms with van der Waals surface area (Å²) in [6, 6.07) is -2.12. The molecule has 0 spiro atoms. The molecule has 4 aliphatic rings. The van der Waals surface area contributed by atoms with Gasteiger partial charge >= 0.3 is 12.2 Å². The van der Waals surface area contributed by atoms with E-state index in [1.165, 1.54) is 23.6 Å². The molecule has 0 radical (unpaired) electrons. The number of nitrogens with one attached hydrogen (secondary N) is 1. The van der Waals surface area contributed by atoms with E-state index in [1.807, 2.05) is 0 Å². The molecular weight excluding hydrogens is 612 g/mol. The van der Waals surface area contributed by atoms with Gasteiger partial charge in [0, 0.05) is 19.5 Å². The van der Waals surface area contributed by atoms with E-state index < -0.39 is 70.7 Å². The molecule has 0 unspecified atom stereocenters. The van der Waals surface area contributed by atoms with Gasteiger partial charge in [-0.15, -0.1) is 23.2 Å². The number of aliphatic hydroxyl groups excluding tert-OH is 2. The van der Waals surface area contributed by atoms with Crippen LogP contribution in [0, 0.1) is 0 Å². The standard InChI is InChI=1S/C17H28ClFN2O5.C11H18ClNO4/c1-16(2,3)26-15(24)20-10(6-17(4,5)19)14(23)21-7-9(18)13-12(21)11(22)8-25-13;1-11(2,3)17-10(15)13-4-6(12)9-8(13)7(14)5-16-9/h9-13,22H,6-8H2,1-5H3,(H,20,24);6-9,14H,4-5H2,1-3H3/t9-,10+,11+,12-,13-;6-,7+,8-,9-/m11/s1. The number of alkyl carbamates (subject to hydrolysis) is 1. The molecule has 4 heterocycles. The maximum Gasteiger partial charge on any atom is 0.410 e. The van der Waals surface area contributed by atoms with Crippen molar-refractivity contribution in [2.45, 2.75) is 132 Å². The average molecular weight is 659 g/mol. The molecular formula is C28H46Cl2FN3O9. The van der Waals surface area contributed by atoms with Gasteiger partial charge in [-0.05, 0) is 55.4 Å². The Morgan fingerprint density at radius 2 is 1.30 bits per heavy atom. The number of rotatable bonds is 4. The predicted octanol–water partition coefficient (Wildman–Crippen LogP) is 2.57. The van der Waals surface area contributed by atoms with E-state index in [1.54, 1.807) is 41.5 Å². The third-order valence-corrected chi connectivity index (χ3v) is 7.92. The second-order valence-electron chi connectivity index (χ2n) is 14.0. The van der Waals surface area contributed by atoms with Gasteiger partial charge in [-0.2, -0.15) is 0 Å². The van der Waals surface area contributed by atoms with Crippen LogP contribution in [0.15, 0.2) is 0 Å². The van der Waals surface area contributed by atoms with Crippen LogP contribution in [-0.2, 0) is 23.7 Å². The van der Waals surface area contributed by atoms with Crippen molar-refractivity contribution >= 4 is 41.3 Å². The molecule has 4 saturated heterocycles. The Labute approximate surface area is 262 Å². The summed E-state index contributed by atoms with van der Waals surface area (Å²) in [7, 11) is 0. The van der Waals surface area contributed by atoms with Gasteiger partial charge in [-0.25, -0.2) is 14.0 Å². The number of nitrogens with zero attached hydrogens (tertiary/aromatic N) is 2. The molecule has 0 aromatic heterocycles. The molecule has 4 fully saturated rings. The molecule has 0 saturated carbocycles. The van der Waals surface area contributed by atoms with Crippen LogP contribution in [0.3, 0.4) is 0 Å². The van der Waals surface area contributed by atoms with Gasteiger partial charge in [0.25, 0.3) is 0 Å². The van der Waals surface area contributed by atoms with Crippen molar-refractivity contribution in [1.82, 2.24) is 15.1 Å². The fourth-order valence-corrected chi connectivity index (χ4v) is 6.32. The topological polar surface area (TPSA) is 147 Å². The quantitative estimate of drug-likeness (QED) is 0.388. The molecule has 9 atom stereocenters. The van der Waals surface area contributed by atoms with Crippen LogP contribution in [0.2, 0.25) is 0 Å². The first kappa shape index (κ1) is 35.8. The largest absolute Gasteiger partial charge is 0.444 e. The van der Waals surface area contributed by atoms with E-state index in [-0.39, 0.29) is 43.7 Å². The highest BCUT2D eigenvalue weighted by molar-refractivity contribution is 6.22. The Morgan fingerprint density at radius 3 is 1.74 bits per heavy atom. The summed E-state index contributed by atoms with van der Waals surface area (Å²) in [6.07, 6.45) is -3.80. The lowest BCUT2D eigenvalue weighted by molar-refractivity contribution is -0.137. The van der Waals surface area contributed by atoms with Gasteiger partial charge < -0.3 is 39.4 Å². The highest BCUT2D eigenvalue weighted by Crippen LogP contribution is 2.35. The normalized spacial score (nSPS) is 32.9. The van der Waals surface area contributed by atoms with Crippen LogP contribution in [0.5, 0.6) is 0 Å². The van der Waals surface area contributed by atoms with Gasteiger partial charge in [-0.3, -0.25) is 9.69 Å². The third-order valence-electron chi connectivity index (χ3n) is 7.15. The van der Waals surface area contributed by atoms with E-state index in [9.17, 15) is 29.0 Å². The van der Waals surface area contributed by atoms with Crippen molar-refractivity contribution in [2.24, 2.45) is 0 Å². The number of halogens is 3. The first-order valence-corrected chi connectivity index (χ1v) is 15.3. The lowest BCUT2D eigenvalue weighted by atomic mass is 9.99. The van der Waals surface area contributed by atoms with Gasteiger partial charge in [0.1, 0.15) is 35.1 Å². The lowest BCUT2D eigenvalue weighted by Gasteiger charge is -2.32. The maximum absolute atomic E-state index is 14.2. The molecule has 0 bridgehead atoms. The Morgan fingerprint density at radius 1 is 0.860 bits per heavy atom. The number of hydrogen-bond acceptors (Lipinski definition) is 9. The molecule has 248 valence electrons. The van der Waals surface area contributed by atoms with Crippen molar-refractivity contribution in [3.8, 4) is 0 Å². The minimum Gasteiger partial charge on any atom is -0.444 e. The number of alkyl halides is 3. The van der Waals surface area contributed by atoms with Crippen molar-refractivity contribution in [1.29, 1.82) is 0 Å². The smallest absolute Gasteiger partial charge is 0.410 e. The Hall–Kier alpha value is -1.64. The molecule has 4 rings (SSSR count). The van der Waals surface area contributed by atoms with Gasteiger partial charge in [-0.1, -0.05) is 0 Å². The molecule has 0 aliphatic carbocycles. The number of carbonyl (C=O) groups excluding carboxylic acids is 3. The number of ether oxygens (including phenoxy) is 4. The molecule has 15 heteroatoms. The minimum atomic E-state index is -1.69. The Bertz CT molecular complexity index is 1020. The zero-order chi connectivity index (χ0) is 32.7. The van der Waals surface area contributed by atoms with E-state index in [2.05, 4.69) is 5.32 Å². The molecule has 3 N–H and O–H groups in total. The van der Waals surface area contributed by atoms with E-state index >= 15 is 0 Å². The monoisotopic (exact) mass is 657 g/mol. The second-order valence-corrected chi connectivity index (χ2v) is 15.1. The van der Waals surface area contributed by atoms with Crippen LogP contribution in [0.4, 0.5) is 14.0 Å². The van der Waals surface area contributed by atoms with Gasteiger partial charge in [0.15, 0.2) is 0 Å². The van der Waals surface area contributed by atoms with Crippen molar-refractivity contribution in [3.05, 3.63) is 0 Å². The summed E-state index contributed by atoms with van der Waals surface area (Å²) in [6.45, 7) is 14.0. The number of amides is 3. The summed E-state index contributed by atoms with van der Waals surface area (Å²) in [4.78, 5) is 40.0. The highest BCUT2D eigenvalue weighted by Gasteiger charge is 2.54. The van der Waals surface area contributed by atoms with Crippen LogP contribution < -0.4 is 5.32 Å². The summed E-state index contributed by atoms with van der Waals surface area (Å²) in [5.74, 6) is -0.510. The first-order chi connectivity index (χ1) is 19.6. The first-order valence-electron chi connectivity index (χ1n) is 14.4. The van der Waals surface area contributed by atoms with Crippen molar-refractivity contribution in [2.75, 3.05) is 26.3 Å². The number of likely N-dealkylation sites (tertiary alicyclic amines) is 2. The molecule has 4 aliphatic heterocycles. The van der Waals surface area contributed by atoms with Crippen LogP contribution >= 0.6 is 23.2 Å². The minimum absolute atomic E-state index is 0.0844. The summed E-state index contributed by atoms with van der Waals surface area (Å²) in [5.41, 5.74) is -3.00. The van der Waals surface area contributed by atoms with Gasteiger partial charge in [0.2, 0.25) is 5.91 Å². The van der Waals surface area contributed by atoms with Gasteiger partial charge in [0.05, 0.1) is 48.3 Å². The molecule has 0 aromatic rings. The summed E-state index contributed by atoms with van der Waals surface area (Å²) < 4.78 is 35.5. The molecule has 0 aromatic carbocycles. The van der Waals surface area contributed by atoms with Crippen molar-refractivity contribution < 1.29 is 47.9 Å².